The predicted octanol–water partition coefficient (Wildman–Crippen LogP) is 3.32. The molecule has 17 heavy (non-hydrogen) atoms. The summed E-state index contributed by atoms with van der Waals surface area (Å²) < 4.78 is 0. The van der Waals surface area contributed by atoms with Crippen molar-refractivity contribution in [2.45, 2.75) is 0 Å². The van der Waals surface area contributed by atoms with Crippen LogP contribution in [0, 0.1) is 0 Å². The highest BCUT2D eigenvalue weighted by atomic mass is 79.9. The molecule has 4 heteroatoms. The van der Waals surface area contributed by atoms with Crippen LogP contribution < -0.4 is 0 Å². The Kier molecular flexibility index (Phi) is 4.12. The lowest BCUT2D eigenvalue weighted by Gasteiger charge is -2.03. The van der Waals surface area contributed by atoms with Gasteiger partial charge in [-0.1, -0.05) is 46.3 Å². The normalized spacial score (nSPS) is 10.4. The molecule has 0 amide bonds. The van der Waals surface area contributed by atoms with Crippen LogP contribution in [0.4, 0.5) is 0 Å². The van der Waals surface area contributed by atoms with Gasteiger partial charge >= 0.3 is 5.97 Å². The van der Waals surface area contributed by atoms with E-state index in [4.69, 9.17) is 4.89 Å². The van der Waals surface area contributed by atoms with Gasteiger partial charge in [0.1, 0.15) is 6.61 Å². The second kappa shape index (κ2) is 5.80. The molecule has 0 fully saturated rings. The molecule has 88 valence electrons. The van der Waals surface area contributed by atoms with Gasteiger partial charge in [0.05, 0.1) is 5.56 Å². The van der Waals surface area contributed by atoms with Crippen LogP contribution in [0.2, 0.25) is 0 Å². The van der Waals surface area contributed by atoms with Gasteiger partial charge in [-0.3, -0.25) is 4.89 Å². The van der Waals surface area contributed by atoms with Crippen molar-refractivity contribution in [1.29, 1.82) is 0 Å². The summed E-state index contributed by atoms with van der Waals surface area (Å²) in [7, 11) is 0. The summed E-state index contributed by atoms with van der Waals surface area (Å²) in [6.45, 7) is 0.333. The fourth-order valence-electron chi connectivity index (χ4n) is 1.49. The average Bonchev–Trinajstić information content (AvgIpc) is 2.38. The molecule has 0 unspecified atom stereocenters. The van der Waals surface area contributed by atoms with Gasteiger partial charge in [-0.25, -0.2) is 4.79 Å². The van der Waals surface area contributed by atoms with Gasteiger partial charge < -0.3 is 0 Å². The SMILES string of the molecule is O=C(OOCCBr)c1ccc2ccccc2c1. The van der Waals surface area contributed by atoms with Gasteiger partial charge in [-0.2, -0.15) is 4.89 Å². The molecule has 2 aromatic rings. The van der Waals surface area contributed by atoms with Crippen LogP contribution >= 0.6 is 15.9 Å². The quantitative estimate of drug-likeness (QED) is 0.376. The molecule has 2 aromatic carbocycles. The van der Waals surface area contributed by atoms with Crippen molar-refractivity contribution in [2.75, 3.05) is 11.9 Å². The summed E-state index contributed by atoms with van der Waals surface area (Å²) in [6, 6.07) is 13.2. The minimum Gasteiger partial charge on any atom is -0.293 e. The summed E-state index contributed by atoms with van der Waals surface area (Å²) in [4.78, 5) is 21.0. The van der Waals surface area contributed by atoms with E-state index in [0.29, 0.717) is 17.5 Å². The van der Waals surface area contributed by atoms with Crippen LogP contribution in [-0.4, -0.2) is 17.9 Å². The average molecular weight is 295 g/mol. The second-order valence-corrected chi connectivity index (χ2v) is 4.24. The highest BCUT2D eigenvalue weighted by Crippen LogP contribution is 2.16. The number of benzene rings is 2. The Labute approximate surface area is 107 Å². The molecule has 0 bridgehead atoms. The molecule has 2 rings (SSSR count). The van der Waals surface area contributed by atoms with E-state index < -0.39 is 5.97 Å². The first-order valence-electron chi connectivity index (χ1n) is 5.20. The molecule has 0 heterocycles. The lowest BCUT2D eigenvalue weighted by Crippen LogP contribution is -2.07. The largest absolute Gasteiger partial charge is 0.373 e. The maximum absolute atomic E-state index is 11.6. The topological polar surface area (TPSA) is 35.5 Å². The van der Waals surface area contributed by atoms with Crippen molar-refractivity contribution in [3.05, 3.63) is 48.0 Å². The predicted molar refractivity (Wildman–Crippen MR) is 69.1 cm³/mol. The molecule has 0 atom stereocenters. The first-order chi connectivity index (χ1) is 8.31. The Hall–Kier alpha value is -1.39. The molecule has 0 aromatic heterocycles. The van der Waals surface area contributed by atoms with Crippen LogP contribution in [0.5, 0.6) is 0 Å². The highest BCUT2D eigenvalue weighted by Gasteiger charge is 2.08. The van der Waals surface area contributed by atoms with E-state index in [0.717, 1.165) is 10.8 Å². The van der Waals surface area contributed by atoms with E-state index in [1.807, 2.05) is 30.3 Å². The third kappa shape index (κ3) is 3.05. The minimum atomic E-state index is -0.475. The van der Waals surface area contributed by atoms with Gasteiger partial charge in [0.2, 0.25) is 0 Å². The fraction of sp³-hybridized carbons (Fsp3) is 0.154. The summed E-state index contributed by atoms with van der Waals surface area (Å²) in [5.41, 5.74) is 0.485. The van der Waals surface area contributed by atoms with Crippen LogP contribution in [0.3, 0.4) is 0 Å². The molecule has 0 spiro atoms. The molecule has 3 nitrogen and oxygen atoms in total. The molecule has 0 N–H and O–H groups in total. The van der Waals surface area contributed by atoms with E-state index in [9.17, 15) is 4.79 Å². The Morgan fingerprint density at radius 1 is 1.12 bits per heavy atom. The van der Waals surface area contributed by atoms with Crippen molar-refractivity contribution in [3.8, 4) is 0 Å². The summed E-state index contributed by atoms with van der Waals surface area (Å²) in [5, 5.41) is 2.71. The van der Waals surface area contributed by atoms with Gasteiger partial charge in [0.25, 0.3) is 0 Å². The zero-order valence-electron chi connectivity index (χ0n) is 9.06. The molecule has 0 aliphatic heterocycles. The smallest absolute Gasteiger partial charge is 0.293 e. The molecule has 0 aliphatic rings. The summed E-state index contributed by atoms with van der Waals surface area (Å²) in [5.74, 6) is -0.475. The van der Waals surface area contributed by atoms with E-state index in [1.165, 1.54) is 0 Å². The second-order valence-electron chi connectivity index (χ2n) is 3.44. The first kappa shape index (κ1) is 12.1. The van der Waals surface area contributed by atoms with Crippen LogP contribution in [0.1, 0.15) is 10.4 Å². The van der Waals surface area contributed by atoms with E-state index >= 15 is 0 Å². The minimum absolute atomic E-state index is 0.333. The van der Waals surface area contributed by atoms with Gasteiger partial charge in [-0.05, 0) is 22.9 Å². The molecular weight excluding hydrogens is 284 g/mol. The molecule has 0 aliphatic carbocycles. The third-order valence-corrected chi connectivity index (χ3v) is 2.60. The van der Waals surface area contributed by atoms with Crippen molar-refractivity contribution >= 4 is 32.7 Å². The standard InChI is InChI=1S/C13H11BrO3/c14-7-8-16-17-13(15)12-6-5-10-3-1-2-4-11(10)9-12/h1-6,9H,7-8H2. The lowest BCUT2D eigenvalue weighted by molar-refractivity contribution is -0.235. The number of alkyl halides is 1. The summed E-state index contributed by atoms with van der Waals surface area (Å²) >= 11 is 3.17. The number of hydrogen-bond donors (Lipinski definition) is 0. The van der Waals surface area contributed by atoms with E-state index in [1.54, 1.807) is 12.1 Å². The van der Waals surface area contributed by atoms with Crippen molar-refractivity contribution in [3.63, 3.8) is 0 Å². The van der Waals surface area contributed by atoms with E-state index in [-0.39, 0.29) is 0 Å². The Balaban J connectivity index is 2.15. The number of rotatable bonds is 4. The number of halogens is 1. The third-order valence-electron chi connectivity index (χ3n) is 2.28. The maximum atomic E-state index is 11.6. The Bertz CT molecular complexity index is 525. The first-order valence-corrected chi connectivity index (χ1v) is 6.32. The molecule has 0 saturated heterocycles. The number of carbonyl (C=O) groups is 1. The van der Waals surface area contributed by atoms with Crippen molar-refractivity contribution in [2.24, 2.45) is 0 Å². The van der Waals surface area contributed by atoms with E-state index in [2.05, 4.69) is 20.8 Å². The van der Waals surface area contributed by atoms with Gasteiger partial charge in [0, 0.05) is 5.33 Å². The van der Waals surface area contributed by atoms with Crippen LogP contribution in [0.25, 0.3) is 10.8 Å². The lowest BCUT2D eigenvalue weighted by atomic mass is 10.1. The van der Waals surface area contributed by atoms with Crippen LogP contribution in [-0.2, 0) is 9.78 Å². The fourth-order valence-corrected chi connectivity index (χ4v) is 1.62. The highest BCUT2D eigenvalue weighted by molar-refractivity contribution is 9.09. The monoisotopic (exact) mass is 294 g/mol. The Morgan fingerprint density at radius 3 is 2.65 bits per heavy atom. The Morgan fingerprint density at radius 2 is 1.88 bits per heavy atom. The summed E-state index contributed by atoms with van der Waals surface area (Å²) in [6.07, 6.45) is 0. The van der Waals surface area contributed by atoms with Crippen molar-refractivity contribution in [1.82, 2.24) is 0 Å². The number of fused-ring (bicyclic) bond motifs is 1. The molecule has 0 saturated carbocycles. The van der Waals surface area contributed by atoms with Gasteiger partial charge in [0.15, 0.2) is 0 Å². The molecule has 0 radical (unpaired) electrons. The maximum Gasteiger partial charge on any atom is 0.373 e. The zero-order valence-corrected chi connectivity index (χ0v) is 10.6. The molecular formula is C13H11BrO3. The van der Waals surface area contributed by atoms with Crippen molar-refractivity contribution < 1.29 is 14.6 Å². The number of hydrogen-bond acceptors (Lipinski definition) is 3. The number of carbonyl (C=O) groups excluding carboxylic acids is 1. The van der Waals surface area contributed by atoms with Crippen LogP contribution in [0.15, 0.2) is 42.5 Å². The van der Waals surface area contributed by atoms with Gasteiger partial charge in [-0.15, -0.1) is 0 Å². The zero-order chi connectivity index (χ0) is 12.1.